The van der Waals surface area contributed by atoms with Gasteiger partial charge in [0.15, 0.2) is 0 Å². The monoisotopic (exact) mass is 421 g/mol. The Morgan fingerprint density at radius 1 is 1.00 bits per heavy atom. The van der Waals surface area contributed by atoms with E-state index in [4.69, 9.17) is 9.47 Å². The maximum atomic E-state index is 13.4. The van der Waals surface area contributed by atoms with Gasteiger partial charge in [-0.3, -0.25) is 19.5 Å². The molecule has 1 aromatic carbocycles. The third-order valence-electron chi connectivity index (χ3n) is 5.29. The normalized spacial score (nSPS) is 17.1. The van der Waals surface area contributed by atoms with Crippen LogP contribution in [0.2, 0.25) is 0 Å². The van der Waals surface area contributed by atoms with E-state index in [0.717, 1.165) is 11.3 Å². The Labute approximate surface area is 182 Å². The van der Waals surface area contributed by atoms with Crippen LogP contribution < -0.4 is 4.74 Å². The molecule has 0 N–H and O–H groups in total. The number of ether oxygens (including phenoxy) is 2. The second kappa shape index (κ2) is 9.31. The Kier molecular flexibility index (Phi) is 6.32. The fourth-order valence-electron chi connectivity index (χ4n) is 3.70. The van der Waals surface area contributed by atoms with E-state index in [2.05, 4.69) is 18.8 Å². The molecule has 2 amide bonds. The predicted octanol–water partition coefficient (Wildman–Crippen LogP) is 2.73. The zero-order valence-corrected chi connectivity index (χ0v) is 17.9. The lowest BCUT2D eigenvalue weighted by molar-refractivity contribution is -0.138. The first kappa shape index (κ1) is 21.1. The molecule has 0 aliphatic carbocycles. The van der Waals surface area contributed by atoms with Gasteiger partial charge >= 0.3 is 0 Å². The molecule has 3 heterocycles. The van der Waals surface area contributed by atoms with Crippen LogP contribution in [0.25, 0.3) is 5.57 Å². The van der Waals surface area contributed by atoms with Crippen molar-refractivity contribution < 1.29 is 19.1 Å². The van der Waals surface area contributed by atoms with Crippen LogP contribution in [0.15, 0.2) is 54.5 Å². The quantitative estimate of drug-likeness (QED) is 0.640. The first-order chi connectivity index (χ1) is 15.0. The second-order valence-corrected chi connectivity index (χ2v) is 8.10. The summed E-state index contributed by atoms with van der Waals surface area (Å²) in [6, 6.07) is 11.0. The molecule has 0 saturated carbocycles. The summed E-state index contributed by atoms with van der Waals surface area (Å²) in [7, 11) is 0. The van der Waals surface area contributed by atoms with Gasteiger partial charge in [0.25, 0.3) is 11.8 Å². The summed E-state index contributed by atoms with van der Waals surface area (Å²) in [5.74, 6) is 0.625. The van der Waals surface area contributed by atoms with E-state index in [0.29, 0.717) is 55.7 Å². The molecule has 1 saturated heterocycles. The summed E-state index contributed by atoms with van der Waals surface area (Å²) in [6.07, 6.45) is 3.32. The molecule has 2 aliphatic rings. The van der Waals surface area contributed by atoms with E-state index in [1.807, 2.05) is 41.3 Å². The molecule has 0 spiro atoms. The highest BCUT2D eigenvalue weighted by molar-refractivity contribution is 6.35. The van der Waals surface area contributed by atoms with Crippen LogP contribution in [0.3, 0.4) is 0 Å². The van der Waals surface area contributed by atoms with Crippen molar-refractivity contribution in [2.24, 2.45) is 5.92 Å². The highest BCUT2D eigenvalue weighted by Crippen LogP contribution is 2.33. The number of morpholine rings is 1. The van der Waals surface area contributed by atoms with Crippen molar-refractivity contribution in [3.63, 3.8) is 0 Å². The first-order valence-electron chi connectivity index (χ1n) is 10.6. The molecule has 0 atom stereocenters. The summed E-state index contributed by atoms with van der Waals surface area (Å²) in [4.78, 5) is 34.1. The minimum atomic E-state index is -0.279. The Balaban J connectivity index is 1.65. The molecule has 7 nitrogen and oxygen atoms in total. The summed E-state index contributed by atoms with van der Waals surface area (Å²) in [5.41, 5.74) is 2.47. The van der Waals surface area contributed by atoms with Crippen LogP contribution in [0.4, 0.5) is 0 Å². The summed E-state index contributed by atoms with van der Waals surface area (Å²) < 4.78 is 11.2. The van der Waals surface area contributed by atoms with Crippen molar-refractivity contribution in [3.8, 4) is 5.75 Å². The van der Waals surface area contributed by atoms with Gasteiger partial charge in [-0.25, -0.2) is 0 Å². The van der Waals surface area contributed by atoms with Gasteiger partial charge in [0.2, 0.25) is 0 Å². The molecule has 2 aromatic rings. The van der Waals surface area contributed by atoms with E-state index in [1.54, 1.807) is 12.4 Å². The smallest absolute Gasteiger partial charge is 0.278 e. The number of benzene rings is 1. The minimum Gasteiger partial charge on any atom is -0.493 e. The number of amides is 2. The fraction of sp³-hybridized carbons (Fsp3) is 0.375. The highest BCUT2D eigenvalue weighted by atomic mass is 16.5. The van der Waals surface area contributed by atoms with E-state index in [9.17, 15) is 9.59 Å². The van der Waals surface area contributed by atoms with Gasteiger partial charge in [-0.1, -0.05) is 26.0 Å². The van der Waals surface area contributed by atoms with E-state index in [1.165, 1.54) is 4.90 Å². The minimum absolute atomic E-state index is 0.215. The molecule has 7 heteroatoms. The van der Waals surface area contributed by atoms with E-state index < -0.39 is 0 Å². The zero-order chi connectivity index (χ0) is 21.8. The average Bonchev–Trinajstić information content (AvgIpc) is 3.04. The number of pyridine rings is 1. The first-order valence-corrected chi connectivity index (χ1v) is 10.6. The van der Waals surface area contributed by atoms with Crippen molar-refractivity contribution in [2.45, 2.75) is 20.4 Å². The third-order valence-corrected chi connectivity index (χ3v) is 5.29. The van der Waals surface area contributed by atoms with Gasteiger partial charge in [0.05, 0.1) is 31.9 Å². The van der Waals surface area contributed by atoms with Crippen LogP contribution >= 0.6 is 0 Å². The molecule has 1 fully saturated rings. The number of carbonyl (C=O) groups is 2. The number of nitrogens with zero attached hydrogens (tertiary/aromatic N) is 3. The molecule has 2 aliphatic heterocycles. The van der Waals surface area contributed by atoms with Crippen LogP contribution in [0.5, 0.6) is 5.75 Å². The lowest BCUT2D eigenvalue weighted by atomic mass is 10.0. The van der Waals surface area contributed by atoms with Gasteiger partial charge in [-0.15, -0.1) is 0 Å². The second-order valence-electron chi connectivity index (χ2n) is 8.10. The van der Waals surface area contributed by atoms with Crippen molar-refractivity contribution in [3.05, 3.63) is 65.6 Å². The maximum absolute atomic E-state index is 13.4. The average molecular weight is 421 g/mol. The lowest BCUT2D eigenvalue weighted by Gasteiger charge is -2.29. The Morgan fingerprint density at radius 3 is 2.32 bits per heavy atom. The molecule has 0 bridgehead atoms. The topological polar surface area (TPSA) is 72.0 Å². The molecule has 162 valence electrons. The fourth-order valence-corrected chi connectivity index (χ4v) is 3.70. The number of hydrogen-bond donors (Lipinski definition) is 0. The SMILES string of the molecule is CC(C)COc1ccc(C2=C(N3CCOCC3)C(=O)N(Cc3ccncc3)C2=O)cc1. The number of hydrogen-bond acceptors (Lipinski definition) is 6. The van der Waals surface area contributed by atoms with Gasteiger partial charge < -0.3 is 14.4 Å². The number of aromatic nitrogens is 1. The Bertz CT molecular complexity index is 964. The van der Waals surface area contributed by atoms with Crippen molar-refractivity contribution >= 4 is 17.4 Å². The predicted molar refractivity (Wildman–Crippen MR) is 116 cm³/mol. The Hall–Kier alpha value is -3.19. The Morgan fingerprint density at radius 2 is 1.68 bits per heavy atom. The van der Waals surface area contributed by atoms with E-state index in [-0.39, 0.29) is 18.4 Å². The van der Waals surface area contributed by atoms with Gasteiger partial charge in [-0.05, 0) is 41.3 Å². The third kappa shape index (κ3) is 4.61. The molecule has 1 aromatic heterocycles. The maximum Gasteiger partial charge on any atom is 0.278 e. The number of rotatable bonds is 7. The van der Waals surface area contributed by atoms with Gasteiger partial charge in [0, 0.05) is 25.5 Å². The van der Waals surface area contributed by atoms with E-state index >= 15 is 0 Å². The lowest BCUT2D eigenvalue weighted by Crippen LogP contribution is -2.40. The largest absolute Gasteiger partial charge is 0.493 e. The molecular weight excluding hydrogens is 394 g/mol. The van der Waals surface area contributed by atoms with Crippen molar-refractivity contribution in [2.75, 3.05) is 32.9 Å². The highest BCUT2D eigenvalue weighted by Gasteiger charge is 2.41. The molecule has 4 rings (SSSR count). The molecule has 0 radical (unpaired) electrons. The standard InChI is InChI=1S/C24H27N3O4/c1-17(2)16-31-20-5-3-19(4-6-20)21-22(26-11-13-30-14-12-26)24(29)27(23(21)28)15-18-7-9-25-10-8-18/h3-10,17H,11-16H2,1-2H3. The van der Waals surface area contributed by atoms with Crippen molar-refractivity contribution in [1.82, 2.24) is 14.8 Å². The molecule has 31 heavy (non-hydrogen) atoms. The molecular formula is C24H27N3O4. The van der Waals surface area contributed by atoms with Crippen LogP contribution in [-0.2, 0) is 20.9 Å². The van der Waals surface area contributed by atoms with Gasteiger partial charge in [0.1, 0.15) is 11.4 Å². The van der Waals surface area contributed by atoms with Crippen LogP contribution in [0.1, 0.15) is 25.0 Å². The van der Waals surface area contributed by atoms with Crippen LogP contribution in [-0.4, -0.2) is 59.5 Å². The summed E-state index contributed by atoms with van der Waals surface area (Å²) in [5, 5.41) is 0. The molecule has 0 unspecified atom stereocenters. The van der Waals surface area contributed by atoms with Crippen LogP contribution in [0, 0.1) is 5.92 Å². The van der Waals surface area contributed by atoms with Gasteiger partial charge in [-0.2, -0.15) is 0 Å². The zero-order valence-electron chi connectivity index (χ0n) is 17.9. The van der Waals surface area contributed by atoms with Crippen molar-refractivity contribution in [1.29, 1.82) is 0 Å². The number of carbonyl (C=O) groups excluding carboxylic acids is 2. The summed E-state index contributed by atoms with van der Waals surface area (Å²) in [6.45, 7) is 7.25. The summed E-state index contributed by atoms with van der Waals surface area (Å²) >= 11 is 0. The number of imide groups is 1.